The molecule has 1 fully saturated rings. The number of aromatic nitrogens is 3. The molecular formula is C25H30ClN5O3. The largest absolute Gasteiger partial charge is 0.480 e. The van der Waals surface area contributed by atoms with Crippen LogP contribution in [0.1, 0.15) is 39.5 Å². The van der Waals surface area contributed by atoms with Gasteiger partial charge in [-0.05, 0) is 43.0 Å². The number of nitrogens with zero attached hydrogens (tertiary/aromatic N) is 4. The number of carbonyl (C=O) groups is 1. The van der Waals surface area contributed by atoms with Crippen molar-refractivity contribution >= 4 is 45.7 Å². The highest BCUT2D eigenvalue weighted by atomic mass is 35.5. The third kappa shape index (κ3) is 5.17. The summed E-state index contributed by atoms with van der Waals surface area (Å²) in [6, 6.07) is 7.29. The minimum Gasteiger partial charge on any atom is -0.480 e. The fraction of sp³-hybridized carbons (Fsp3) is 0.440. The van der Waals surface area contributed by atoms with Gasteiger partial charge in [0, 0.05) is 37.6 Å². The van der Waals surface area contributed by atoms with Gasteiger partial charge in [-0.25, -0.2) is 4.98 Å². The summed E-state index contributed by atoms with van der Waals surface area (Å²) in [5, 5.41) is 4.51. The number of benzene rings is 1. The molecule has 180 valence electrons. The van der Waals surface area contributed by atoms with E-state index in [0.29, 0.717) is 29.1 Å². The number of aryl methyl sites for hydroxylation is 1. The van der Waals surface area contributed by atoms with E-state index in [-0.39, 0.29) is 23.7 Å². The van der Waals surface area contributed by atoms with Crippen molar-refractivity contribution in [2.24, 2.45) is 13.0 Å². The zero-order valence-corrected chi connectivity index (χ0v) is 20.6. The summed E-state index contributed by atoms with van der Waals surface area (Å²) in [4.78, 5) is 35.6. The lowest BCUT2D eigenvalue weighted by atomic mass is 9.96. The van der Waals surface area contributed by atoms with Crippen molar-refractivity contribution < 1.29 is 9.53 Å². The van der Waals surface area contributed by atoms with Crippen LogP contribution in [-0.2, 0) is 11.8 Å². The van der Waals surface area contributed by atoms with Crippen LogP contribution in [0.25, 0.3) is 10.9 Å². The lowest BCUT2D eigenvalue weighted by Gasteiger charge is -2.32. The third-order valence-corrected chi connectivity index (χ3v) is 6.62. The van der Waals surface area contributed by atoms with Gasteiger partial charge in [0.05, 0.1) is 11.7 Å². The van der Waals surface area contributed by atoms with E-state index < -0.39 is 0 Å². The monoisotopic (exact) mass is 483 g/mol. The predicted octanol–water partition coefficient (Wildman–Crippen LogP) is 4.71. The summed E-state index contributed by atoms with van der Waals surface area (Å²) in [6.45, 7) is 5.75. The van der Waals surface area contributed by atoms with Crippen molar-refractivity contribution in [2.45, 2.75) is 39.5 Å². The van der Waals surface area contributed by atoms with Crippen LogP contribution in [0.4, 0.5) is 17.5 Å². The fourth-order valence-corrected chi connectivity index (χ4v) is 4.35. The van der Waals surface area contributed by atoms with Gasteiger partial charge in [-0.2, -0.15) is 4.98 Å². The van der Waals surface area contributed by atoms with Crippen molar-refractivity contribution in [3.05, 3.63) is 45.8 Å². The Bertz CT molecular complexity index is 1260. The number of ether oxygens (including phenoxy) is 1. The number of pyridine rings is 1. The second-order valence-electron chi connectivity index (χ2n) is 8.68. The molecule has 3 aromatic rings. The van der Waals surface area contributed by atoms with Gasteiger partial charge in [0.25, 0.3) is 5.56 Å². The number of ketones is 1. The molecule has 1 N–H and O–H groups in total. The standard InChI is InChI=1S/C25H30ClN5O3/c1-4-16-7-6-10-31(14-16)25-27-13-20(26)23(29-25)28-18-8-9-21-17(11-18)12-22(24(33)30(21)3)34-15-19(32)5-2/h8-9,11-13,16H,4-7,10,14-15H2,1-3H3,(H,27,28,29)/t16-/m1/s1. The Kier molecular flexibility index (Phi) is 7.36. The maximum Gasteiger partial charge on any atom is 0.293 e. The second-order valence-corrected chi connectivity index (χ2v) is 9.09. The molecule has 9 heteroatoms. The van der Waals surface area contributed by atoms with E-state index in [0.717, 1.165) is 42.5 Å². The molecule has 3 heterocycles. The minimum atomic E-state index is -0.285. The highest BCUT2D eigenvalue weighted by molar-refractivity contribution is 6.32. The van der Waals surface area contributed by atoms with Gasteiger partial charge >= 0.3 is 0 Å². The second kappa shape index (κ2) is 10.4. The first-order valence-corrected chi connectivity index (χ1v) is 12.1. The van der Waals surface area contributed by atoms with Crippen molar-refractivity contribution in [1.29, 1.82) is 0 Å². The number of halogens is 1. The molecule has 0 spiro atoms. The van der Waals surface area contributed by atoms with E-state index >= 15 is 0 Å². The van der Waals surface area contributed by atoms with Crippen LogP contribution in [0.3, 0.4) is 0 Å². The van der Waals surface area contributed by atoms with E-state index in [2.05, 4.69) is 22.1 Å². The van der Waals surface area contributed by atoms with Gasteiger partial charge in [0.2, 0.25) is 5.95 Å². The molecule has 8 nitrogen and oxygen atoms in total. The SMILES string of the molecule is CCC(=O)COc1cc2cc(Nc3nc(N4CCC[C@@H](CC)C4)ncc3Cl)ccc2n(C)c1=O. The van der Waals surface area contributed by atoms with Crippen LogP contribution in [-0.4, -0.2) is 40.0 Å². The summed E-state index contributed by atoms with van der Waals surface area (Å²) in [5.74, 6) is 1.93. The number of anilines is 3. The molecule has 0 saturated carbocycles. The molecule has 0 amide bonds. The minimum absolute atomic E-state index is 0.0641. The number of nitrogens with one attached hydrogen (secondary N) is 1. The number of rotatable bonds is 8. The maximum absolute atomic E-state index is 12.6. The van der Waals surface area contributed by atoms with Gasteiger partial charge < -0.3 is 19.5 Å². The van der Waals surface area contributed by atoms with Crippen molar-refractivity contribution in [2.75, 3.05) is 29.9 Å². The normalized spacial score (nSPS) is 16.0. The van der Waals surface area contributed by atoms with Crippen molar-refractivity contribution in [3.8, 4) is 5.75 Å². The van der Waals surface area contributed by atoms with Gasteiger partial charge in [-0.3, -0.25) is 9.59 Å². The first-order chi connectivity index (χ1) is 16.4. The third-order valence-electron chi connectivity index (χ3n) is 6.35. The van der Waals surface area contributed by atoms with Gasteiger partial charge in [-0.1, -0.05) is 31.9 Å². The summed E-state index contributed by atoms with van der Waals surface area (Å²) >= 11 is 6.41. The van der Waals surface area contributed by atoms with Gasteiger partial charge in [-0.15, -0.1) is 0 Å². The molecule has 1 aliphatic rings. The Morgan fingerprint density at radius 1 is 1.29 bits per heavy atom. The number of hydrogen-bond acceptors (Lipinski definition) is 7. The van der Waals surface area contributed by atoms with Gasteiger partial charge in [0.1, 0.15) is 11.6 Å². The summed E-state index contributed by atoms with van der Waals surface area (Å²) in [7, 11) is 1.68. The maximum atomic E-state index is 12.6. The molecule has 0 radical (unpaired) electrons. The first kappa shape index (κ1) is 24.0. The average Bonchev–Trinajstić information content (AvgIpc) is 2.86. The molecule has 1 aromatic carbocycles. The Balaban J connectivity index is 1.61. The Morgan fingerprint density at radius 2 is 2.12 bits per heavy atom. The van der Waals surface area contributed by atoms with Gasteiger partial charge in [0.15, 0.2) is 17.4 Å². The summed E-state index contributed by atoms with van der Waals surface area (Å²) < 4.78 is 7.02. The Hall–Kier alpha value is -3.13. The lowest BCUT2D eigenvalue weighted by Crippen LogP contribution is -2.36. The Labute approximate surface area is 203 Å². The quantitative estimate of drug-likeness (QED) is 0.496. The number of Topliss-reactive ketones (excluding diaryl/α,β-unsaturated/α-hetero) is 1. The van der Waals surface area contributed by atoms with Crippen LogP contribution in [0.15, 0.2) is 35.3 Å². The van der Waals surface area contributed by atoms with Crippen LogP contribution >= 0.6 is 11.6 Å². The zero-order chi connectivity index (χ0) is 24.2. The molecule has 4 rings (SSSR count). The number of carbonyl (C=O) groups excluding carboxylic acids is 1. The Morgan fingerprint density at radius 3 is 2.88 bits per heavy atom. The molecule has 1 saturated heterocycles. The molecule has 2 aromatic heterocycles. The number of piperidine rings is 1. The fourth-order valence-electron chi connectivity index (χ4n) is 4.21. The summed E-state index contributed by atoms with van der Waals surface area (Å²) in [5.41, 5.74) is 1.23. The van der Waals surface area contributed by atoms with Crippen LogP contribution in [0, 0.1) is 5.92 Å². The average molecular weight is 484 g/mol. The van der Waals surface area contributed by atoms with Crippen molar-refractivity contribution in [1.82, 2.24) is 14.5 Å². The van der Waals surface area contributed by atoms with Crippen molar-refractivity contribution in [3.63, 3.8) is 0 Å². The highest BCUT2D eigenvalue weighted by Crippen LogP contribution is 2.29. The molecule has 0 aliphatic carbocycles. The molecule has 0 unspecified atom stereocenters. The molecule has 0 bridgehead atoms. The lowest BCUT2D eigenvalue weighted by molar-refractivity contribution is -0.120. The molecule has 1 atom stereocenters. The summed E-state index contributed by atoms with van der Waals surface area (Å²) in [6.07, 6.45) is 5.50. The van der Waals surface area contributed by atoms with E-state index in [9.17, 15) is 9.59 Å². The number of hydrogen-bond donors (Lipinski definition) is 1. The number of fused-ring (bicyclic) bond motifs is 1. The van der Waals surface area contributed by atoms with E-state index in [1.165, 1.54) is 11.0 Å². The van der Waals surface area contributed by atoms with Crippen LogP contribution in [0.2, 0.25) is 5.02 Å². The van der Waals surface area contributed by atoms with Crippen LogP contribution in [0.5, 0.6) is 5.75 Å². The van der Waals surface area contributed by atoms with E-state index in [4.69, 9.17) is 21.3 Å². The van der Waals surface area contributed by atoms with Crippen LogP contribution < -0.4 is 20.5 Å². The molecule has 34 heavy (non-hydrogen) atoms. The van der Waals surface area contributed by atoms with E-state index in [1.807, 2.05) is 18.2 Å². The van der Waals surface area contributed by atoms with E-state index in [1.54, 1.807) is 26.2 Å². The zero-order valence-electron chi connectivity index (χ0n) is 19.8. The smallest absolute Gasteiger partial charge is 0.293 e. The predicted molar refractivity (Wildman–Crippen MR) is 136 cm³/mol. The first-order valence-electron chi connectivity index (χ1n) is 11.7. The highest BCUT2D eigenvalue weighted by Gasteiger charge is 2.21. The topological polar surface area (TPSA) is 89.3 Å². The molecular weight excluding hydrogens is 454 g/mol. The molecule has 1 aliphatic heterocycles.